The van der Waals surface area contributed by atoms with Crippen molar-refractivity contribution < 1.29 is 10.2 Å². The van der Waals surface area contributed by atoms with E-state index < -0.39 is 0 Å². The van der Waals surface area contributed by atoms with Crippen LogP contribution in [0.5, 0.6) is 11.5 Å². The van der Waals surface area contributed by atoms with E-state index in [9.17, 15) is 19.8 Å². The molecule has 16 heteroatoms. The van der Waals surface area contributed by atoms with Gasteiger partial charge in [0, 0.05) is 23.7 Å². The van der Waals surface area contributed by atoms with Gasteiger partial charge in [-0.1, -0.05) is 43.6 Å². The van der Waals surface area contributed by atoms with Crippen LogP contribution in [0, 0.1) is 13.8 Å². The third-order valence-corrected chi connectivity index (χ3v) is 7.12. The molecule has 2 heterocycles. The molecule has 6 N–H and O–H groups in total. The molecule has 0 bridgehead atoms. The summed E-state index contributed by atoms with van der Waals surface area (Å²) in [7, 11) is 0. The van der Waals surface area contributed by atoms with Gasteiger partial charge in [-0.3, -0.25) is 9.13 Å². The summed E-state index contributed by atoms with van der Waals surface area (Å²) in [6.45, 7) is 20.2. The Bertz CT molecular complexity index is 1650. The maximum atomic E-state index is 11.9. The van der Waals surface area contributed by atoms with E-state index in [-0.39, 0.29) is 40.9 Å². The van der Waals surface area contributed by atoms with Crippen LogP contribution in [-0.2, 0) is 0 Å². The first-order valence-corrected chi connectivity index (χ1v) is 15.0. The first-order chi connectivity index (χ1) is 21.6. The lowest BCUT2D eigenvalue weighted by Crippen LogP contribution is -2.19. The Kier molecular flexibility index (Phi) is 13.4. The Hall–Kier alpha value is -4.79. The van der Waals surface area contributed by atoms with E-state index in [1.54, 1.807) is 10.6 Å². The number of aromatic amines is 2. The molecule has 0 unspecified atom stereocenters. The van der Waals surface area contributed by atoms with Crippen LogP contribution < -0.4 is 17.2 Å². The van der Waals surface area contributed by atoms with E-state index in [1.807, 2.05) is 41.5 Å². The molecule has 46 heavy (non-hydrogen) atoms. The van der Waals surface area contributed by atoms with E-state index in [4.69, 9.17) is 0 Å². The van der Waals surface area contributed by atoms with Gasteiger partial charge in [-0.25, -0.2) is 19.8 Å². The Labute approximate surface area is 272 Å². The third kappa shape index (κ3) is 8.90. The second-order valence-electron chi connectivity index (χ2n) is 11.8. The maximum absolute atomic E-state index is 11.9. The largest absolute Gasteiger partial charge is 0.508 e. The first kappa shape index (κ1) is 37.4. The van der Waals surface area contributed by atoms with Crippen molar-refractivity contribution in [2.45, 2.75) is 93.2 Å². The number of nitrogens with two attached hydrogens (primary N) is 1. The van der Waals surface area contributed by atoms with Crippen LogP contribution in [0.2, 0.25) is 0 Å². The normalized spacial score (nSPS) is 11.5. The van der Waals surface area contributed by atoms with Gasteiger partial charge in [-0.05, 0) is 98.2 Å². The predicted octanol–water partition coefficient (Wildman–Crippen LogP) is 6.75. The number of aromatic hydroxyl groups is 2. The minimum absolute atomic E-state index is 0.0372. The van der Waals surface area contributed by atoms with Gasteiger partial charge in [0.15, 0.2) is 11.6 Å². The molecule has 4 rings (SSSR count). The number of aromatic nitrogens is 6. The molecule has 0 saturated carbocycles. The molecule has 4 aromatic rings. The molecule has 0 atom stereocenters. The molecule has 0 radical (unpaired) electrons. The summed E-state index contributed by atoms with van der Waals surface area (Å²) in [5.41, 5.74) is 5.42. The lowest BCUT2D eigenvalue weighted by molar-refractivity contribution is 0.444. The monoisotopic (exact) mass is 657 g/mol. The number of hydrogen-bond donors (Lipinski definition) is 5. The molecule has 0 saturated heterocycles. The summed E-state index contributed by atoms with van der Waals surface area (Å²) in [4.78, 5) is 23.7. The highest BCUT2D eigenvalue weighted by Gasteiger charge is 2.20. The fraction of sp³-hybridized carbons (Fsp3) is 0.467. The van der Waals surface area contributed by atoms with Crippen LogP contribution in [0.1, 0.15) is 102 Å². The molecule has 0 aliphatic rings. The van der Waals surface area contributed by atoms with Crippen molar-refractivity contribution in [1.29, 1.82) is 0 Å². The van der Waals surface area contributed by atoms with Gasteiger partial charge in [0.1, 0.15) is 11.5 Å². The average Bonchev–Trinajstić information content (AvgIpc) is 3.54. The van der Waals surface area contributed by atoms with Gasteiger partial charge in [0.2, 0.25) is 0 Å². The number of aryl methyl sites for hydroxylation is 2. The van der Waals surface area contributed by atoms with Gasteiger partial charge >= 0.3 is 11.4 Å². The summed E-state index contributed by atoms with van der Waals surface area (Å²) in [6, 6.07) is 7.29. The zero-order valence-corrected chi connectivity index (χ0v) is 28.6. The Morgan fingerprint density at radius 1 is 0.717 bits per heavy atom. The van der Waals surface area contributed by atoms with Crippen molar-refractivity contribution in [3.8, 4) is 34.3 Å². The van der Waals surface area contributed by atoms with Crippen LogP contribution in [0.25, 0.3) is 22.8 Å². The number of phenols is 2. The second-order valence-corrected chi connectivity index (χ2v) is 11.9. The standard InChI is InChI=1S/C16H23N3O.C14H19N3O3.ClH2N5/c1-9(2)13-8-14(12(6)7-11(13)5)15-17-18-16(20)19(15)10(3)4;1-7(2)9-5-10(12(19)6-11(9)18)13-15-16-14(20)17(13)8(3)4;1-3-5-6-4-2/h7-10H,1-6H3,(H,18,20);5-8,18-19H,1-4H3,(H,16,20);(H2,2,3,6). The fourth-order valence-electron chi connectivity index (χ4n) is 4.95. The van der Waals surface area contributed by atoms with E-state index in [0.29, 0.717) is 22.9 Å². The molecule has 0 aliphatic carbocycles. The topological polar surface area (TPSA) is 217 Å². The van der Waals surface area contributed by atoms with Crippen molar-refractivity contribution in [1.82, 2.24) is 29.5 Å². The van der Waals surface area contributed by atoms with Crippen LogP contribution in [0.15, 0.2) is 54.2 Å². The summed E-state index contributed by atoms with van der Waals surface area (Å²) in [5.74, 6) is 6.03. The quantitative estimate of drug-likeness (QED) is 0.0817. The maximum Gasteiger partial charge on any atom is 0.343 e. The molecule has 0 fully saturated rings. The van der Waals surface area contributed by atoms with Crippen molar-refractivity contribution in [2.75, 3.05) is 0 Å². The van der Waals surface area contributed by atoms with E-state index >= 15 is 0 Å². The van der Waals surface area contributed by atoms with Crippen LogP contribution in [0.3, 0.4) is 0 Å². The Morgan fingerprint density at radius 3 is 1.61 bits per heavy atom. The Balaban J connectivity index is 0.000000273. The van der Waals surface area contributed by atoms with Crippen molar-refractivity contribution in [3.05, 3.63) is 67.5 Å². The molecule has 0 spiro atoms. The van der Waals surface area contributed by atoms with Gasteiger partial charge in [-0.2, -0.15) is 10.2 Å². The number of nitrogens with one attached hydrogen (secondary N) is 2. The summed E-state index contributed by atoms with van der Waals surface area (Å²) in [5, 5.41) is 41.4. The number of nitrogens with zero attached hydrogens (tertiary/aromatic N) is 8. The third-order valence-electron chi connectivity index (χ3n) is 7.05. The molecule has 2 aromatic heterocycles. The predicted molar refractivity (Wildman–Crippen MR) is 178 cm³/mol. The number of phenolic OH excluding ortho intramolecular Hbond substituents is 2. The van der Waals surface area contributed by atoms with Gasteiger partial charge in [0.05, 0.1) is 17.3 Å². The van der Waals surface area contributed by atoms with Crippen LogP contribution in [-0.4, -0.2) is 39.7 Å². The molecule has 15 nitrogen and oxygen atoms in total. The zero-order chi connectivity index (χ0) is 34.9. The highest BCUT2D eigenvalue weighted by Crippen LogP contribution is 2.37. The van der Waals surface area contributed by atoms with E-state index in [2.05, 4.69) is 98.1 Å². The molecular weight excluding hydrogens is 614 g/mol. The number of rotatable bonds is 7. The zero-order valence-electron chi connectivity index (χ0n) is 27.9. The van der Waals surface area contributed by atoms with Crippen LogP contribution in [0.4, 0.5) is 0 Å². The molecule has 0 amide bonds. The van der Waals surface area contributed by atoms with Gasteiger partial charge in [-0.15, -0.1) is 0 Å². The van der Waals surface area contributed by atoms with Crippen LogP contribution >= 0.6 is 11.8 Å². The summed E-state index contributed by atoms with van der Waals surface area (Å²) in [6.07, 6.45) is 0. The second kappa shape index (κ2) is 16.5. The number of hydrogen-bond acceptors (Lipinski definition) is 8. The van der Waals surface area contributed by atoms with E-state index in [1.165, 1.54) is 21.8 Å². The number of H-pyrrole nitrogens is 2. The number of halogens is 1. The first-order valence-electron chi connectivity index (χ1n) is 14.7. The molecule has 250 valence electrons. The molecule has 0 aliphatic heterocycles. The van der Waals surface area contributed by atoms with Crippen molar-refractivity contribution in [2.24, 2.45) is 26.1 Å². The average molecular weight is 658 g/mol. The van der Waals surface area contributed by atoms with Gasteiger partial charge < -0.3 is 16.1 Å². The SMILES string of the molecule is CC(C)c1cc(-c2n[nH]c(=O)n2C(C)C)c(O)cc1O.Cc1cc(C)c(C(C)C)cc1-c1n[nH]c(=O)n1C(C)C.N/N=N/N=NCl. The lowest BCUT2D eigenvalue weighted by atomic mass is 9.92. The molecule has 2 aromatic carbocycles. The minimum Gasteiger partial charge on any atom is -0.508 e. The van der Waals surface area contributed by atoms with E-state index in [0.717, 1.165) is 17.0 Å². The highest BCUT2D eigenvalue weighted by molar-refractivity contribution is 6.13. The molecular formula is C30H44ClN11O4. The number of benzene rings is 2. The summed E-state index contributed by atoms with van der Waals surface area (Å²) >= 11 is 4.63. The van der Waals surface area contributed by atoms with Crippen molar-refractivity contribution >= 4 is 11.8 Å². The van der Waals surface area contributed by atoms with Crippen molar-refractivity contribution in [3.63, 3.8) is 0 Å². The minimum atomic E-state index is -0.325. The Morgan fingerprint density at radius 2 is 1.20 bits per heavy atom. The fourth-order valence-corrected chi connectivity index (χ4v) is 4.98. The highest BCUT2D eigenvalue weighted by atomic mass is 35.5. The summed E-state index contributed by atoms with van der Waals surface area (Å²) < 4.78 is 5.86. The smallest absolute Gasteiger partial charge is 0.343 e. The lowest BCUT2D eigenvalue weighted by Gasteiger charge is -2.16. The van der Waals surface area contributed by atoms with Gasteiger partial charge in [0.25, 0.3) is 0 Å².